The van der Waals surface area contributed by atoms with Crippen LogP contribution >= 0.6 is 0 Å². The minimum atomic E-state index is -1.21. The minimum Gasteiger partial charge on any atom is -0.457 e. The number of aromatic nitrogens is 4. The molecule has 0 spiro atoms. The molecule has 2 aromatic carbocycles. The Morgan fingerprint density at radius 3 is 2.47 bits per heavy atom. The van der Waals surface area contributed by atoms with Crippen LogP contribution in [0.3, 0.4) is 0 Å². The molecule has 1 amide bonds. The van der Waals surface area contributed by atoms with E-state index in [9.17, 15) is 9.59 Å². The van der Waals surface area contributed by atoms with Crippen LogP contribution in [-0.2, 0) is 18.0 Å². The van der Waals surface area contributed by atoms with Crippen molar-refractivity contribution in [2.45, 2.75) is 59.7 Å². The summed E-state index contributed by atoms with van der Waals surface area (Å²) >= 11 is 0. The summed E-state index contributed by atoms with van der Waals surface area (Å²) in [6.45, 7) is 14.2. The molecule has 0 unspecified atom stereocenters. The van der Waals surface area contributed by atoms with Gasteiger partial charge in [-0.05, 0) is 56.6 Å². The maximum atomic E-state index is 12.9. The molecule has 200 valence electrons. The molecule has 0 fully saturated rings. The van der Waals surface area contributed by atoms with E-state index in [1.807, 2.05) is 45.0 Å². The zero-order valence-corrected chi connectivity index (χ0v) is 23.9. The molecule has 0 bridgehead atoms. The molecule has 0 saturated carbocycles. The summed E-state index contributed by atoms with van der Waals surface area (Å²) in [5, 5.41) is 12.5. The van der Waals surface area contributed by atoms with Crippen LogP contribution in [0, 0.1) is 13.8 Å². The Morgan fingerprint density at radius 1 is 1.03 bits per heavy atom. The van der Waals surface area contributed by atoms with E-state index in [4.69, 9.17) is 9.47 Å². The monoisotopic (exact) mass is 533 g/mol. The normalized spacial score (nSPS) is 11.6. The highest BCUT2D eigenvalue weighted by molar-refractivity contribution is 6.76. The predicted octanol–water partition coefficient (Wildman–Crippen LogP) is 6.04. The van der Waals surface area contributed by atoms with Crippen LogP contribution in [0.15, 0.2) is 42.5 Å². The number of nitrogens with one attached hydrogen (secondary N) is 1. The van der Waals surface area contributed by atoms with Gasteiger partial charge in [-0.2, -0.15) is 10.2 Å². The summed E-state index contributed by atoms with van der Waals surface area (Å²) in [6.07, 6.45) is 0.752. The predicted molar refractivity (Wildman–Crippen MR) is 151 cm³/mol. The lowest BCUT2D eigenvalue weighted by atomic mass is 10.2. The first-order valence-electron chi connectivity index (χ1n) is 12.8. The van der Waals surface area contributed by atoms with Gasteiger partial charge in [0.25, 0.3) is 5.91 Å². The van der Waals surface area contributed by atoms with Crippen molar-refractivity contribution in [2.75, 3.05) is 11.9 Å². The van der Waals surface area contributed by atoms with Crippen molar-refractivity contribution in [1.29, 1.82) is 0 Å². The summed E-state index contributed by atoms with van der Waals surface area (Å²) in [5.74, 6) is 0.922. The number of fused-ring (bicyclic) bond motifs is 1. The minimum absolute atomic E-state index is 0.228. The van der Waals surface area contributed by atoms with Gasteiger partial charge in [0, 0.05) is 44.4 Å². The van der Waals surface area contributed by atoms with Gasteiger partial charge in [-0.3, -0.25) is 14.3 Å². The standard InChI is InChI=1S/C28H35N5O4Si/c1-7-32-27(14-20(3)30-32)28(35)29-24-15-21(9-8-19(24)2)37-22-10-11-23-25(17-34)31-33(26(23)16-22)18-36-12-13-38(4,5)6/h8-11,14-17H,7,12-13,18H2,1-6H3,(H,29,35). The quantitative estimate of drug-likeness (QED) is 0.143. The van der Waals surface area contributed by atoms with Crippen LogP contribution in [0.25, 0.3) is 10.9 Å². The molecule has 0 aliphatic carbocycles. The lowest BCUT2D eigenvalue weighted by Crippen LogP contribution is -2.22. The molecule has 0 aliphatic heterocycles. The van der Waals surface area contributed by atoms with Crippen LogP contribution < -0.4 is 10.1 Å². The van der Waals surface area contributed by atoms with Crippen molar-refractivity contribution in [1.82, 2.24) is 19.6 Å². The maximum absolute atomic E-state index is 12.9. The summed E-state index contributed by atoms with van der Waals surface area (Å²) in [6, 6.07) is 13.8. The summed E-state index contributed by atoms with van der Waals surface area (Å²) in [5.41, 5.74) is 3.97. The fraction of sp³-hybridized carbons (Fsp3) is 0.357. The number of nitrogens with zero attached hydrogens (tertiary/aromatic N) is 4. The van der Waals surface area contributed by atoms with Crippen molar-refractivity contribution in [3.8, 4) is 11.5 Å². The fourth-order valence-corrected chi connectivity index (χ4v) is 4.81. The summed E-state index contributed by atoms with van der Waals surface area (Å²) in [4.78, 5) is 24.5. The van der Waals surface area contributed by atoms with Gasteiger partial charge >= 0.3 is 0 Å². The third kappa shape index (κ3) is 6.38. The van der Waals surface area contributed by atoms with Crippen molar-refractivity contribution in [2.24, 2.45) is 0 Å². The number of benzene rings is 2. The SMILES string of the molecule is CCn1nc(C)cc1C(=O)Nc1cc(Oc2ccc3c(C=O)nn(COCC[Si](C)(C)C)c3c2)ccc1C. The molecule has 10 heteroatoms. The van der Waals surface area contributed by atoms with Gasteiger partial charge < -0.3 is 14.8 Å². The molecule has 2 aromatic heterocycles. The van der Waals surface area contributed by atoms with E-state index >= 15 is 0 Å². The lowest BCUT2D eigenvalue weighted by molar-refractivity contribution is 0.0812. The van der Waals surface area contributed by atoms with Gasteiger partial charge in [0.1, 0.15) is 29.6 Å². The van der Waals surface area contributed by atoms with Gasteiger partial charge in [-0.25, -0.2) is 4.68 Å². The average Bonchev–Trinajstić information content (AvgIpc) is 3.43. The molecular weight excluding hydrogens is 498 g/mol. The van der Waals surface area contributed by atoms with Gasteiger partial charge in [-0.1, -0.05) is 25.7 Å². The van der Waals surface area contributed by atoms with Crippen LogP contribution in [0.4, 0.5) is 5.69 Å². The Morgan fingerprint density at radius 2 is 1.76 bits per heavy atom. The molecule has 38 heavy (non-hydrogen) atoms. The van der Waals surface area contributed by atoms with Crippen LogP contribution in [0.5, 0.6) is 11.5 Å². The molecule has 9 nitrogen and oxygen atoms in total. The number of anilines is 1. The topological polar surface area (TPSA) is 100 Å². The van der Waals surface area contributed by atoms with Crippen molar-refractivity contribution < 1.29 is 19.1 Å². The summed E-state index contributed by atoms with van der Waals surface area (Å²) in [7, 11) is -1.21. The molecule has 4 aromatic rings. The van der Waals surface area contributed by atoms with Crippen LogP contribution in [0.1, 0.15) is 39.2 Å². The molecule has 0 saturated heterocycles. The average molecular weight is 534 g/mol. The number of ether oxygens (including phenoxy) is 2. The first-order valence-corrected chi connectivity index (χ1v) is 16.5. The van der Waals surface area contributed by atoms with Gasteiger partial charge in [0.05, 0.1) is 11.2 Å². The number of carbonyl (C=O) groups is 2. The Hall–Kier alpha value is -3.76. The van der Waals surface area contributed by atoms with E-state index in [1.165, 1.54) is 0 Å². The van der Waals surface area contributed by atoms with E-state index in [2.05, 4.69) is 35.2 Å². The fourth-order valence-electron chi connectivity index (χ4n) is 4.05. The van der Waals surface area contributed by atoms with Gasteiger partial charge in [-0.15, -0.1) is 0 Å². The maximum Gasteiger partial charge on any atom is 0.273 e. The molecule has 0 atom stereocenters. The van der Waals surface area contributed by atoms with E-state index in [0.29, 0.717) is 41.7 Å². The Bertz CT molecular complexity index is 1470. The number of carbonyl (C=O) groups excluding carboxylic acids is 2. The molecule has 1 N–H and O–H groups in total. The second-order valence-corrected chi connectivity index (χ2v) is 16.2. The third-order valence-corrected chi connectivity index (χ3v) is 7.90. The first-order chi connectivity index (χ1) is 18.1. The van der Waals surface area contributed by atoms with E-state index < -0.39 is 8.07 Å². The molecule has 0 aliphatic rings. The number of aryl methyl sites for hydroxylation is 3. The van der Waals surface area contributed by atoms with Crippen LogP contribution in [-0.4, -0.2) is 46.4 Å². The van der Waals surface area contributed by atoms with Gasteiger partial charge in [0.15, 0.2) is 6.29 Å². The van der Waals surface area contributed by atoms with E-state index in [0.717, 1.165) is 34.5 Å². The largest absolute Gasteiger partial charge is 0.457 e. The Labute approximate surface area is 223 Å². The Balaban J connectivity index is 1.53. The molecular formula is C28H35N5O4Si. The van der Waals surface area contributed by atoms with Gasteiger partial charge in [0.2, 0.25) is 0 Å². The van der Waals surface area contributed by atoms with E-state index in [1.54, 1.807) is 27.6 Å². The zero-order chi connectivity index (χ0) is 27.4. The lowest BCUT2D eigenvalue weighted by Gasteiger charge is -2.15. The second-order valence-electron chi connectivity index (χ2n) is 10.5. The third-order valence-electron chi connectivity index (χ3n) is 6.20. The zero-order valence-electron chi connectivity index (χ0n) is 22.9. The second kappa shape index (κ2) is 11.3. The number of hydrogen-bond donors (Lipinski definition) is 1. The number of hydrogen-bond acceptors (Lipinski definition) is 6. The smallest absolute Gasteiger partial charge is 0.273 e. The molecule has 2 heterocycles. The van der Waals surface area contributed by atoms with Crippen molar-refractivity contribution in [3.63, 3.8) is 0 Å². The van der Waals surface area contributed by atoms with Crippen molar-refractivity contribution >= 4 is 36.9 Å². The molecule has 0 radical (unpaired) electrons. The summed E-state index contributed by atoms with van der Waals surface area (Å²) < 4.78 is 15.4. The highest BCUT2D eigenvalue weighted by Gasteiger charge is 2.16. The highest BCUT2D eigenvalue weighted by atomic mass is 28.3. The number of aldehydes is 1. The number of rotatable bonds is 11. The van der Waals surface area contributed by atoms with E-state index in [-0.39, 0.29) is 12.6 Å². The highest BCUT2D eigenvalue weighted by Crippen LogP contribution is 2.30. The first kappa shape index (κ1) is 27.3. The Kier molecular flexibility index (Phi) is 8.13. The molecule has 4 rings (SSSR count). The number of amides is 1. The van der Waals surface area contributed by atoms with Crippen LogP contribution in [0.2, 0.25) is 25.7 Å². The van der Waals surface area contributed by atoms with Crippen molar-refractivity contribution in [3.05, 3.63) is 65.1 Å².